The molecule has 1 saturated carbocycles. The molecule has 7 heteroatoms. The SMILES string of the molecule is NC(CCC(=O)O)C(=O)NC1CCCCCC1C(=O)O. The molecule has 0 saturated heterocycles. The summed E-state index contributed by atoms with van der Waals surface area (Å²) in [5.41, 5.74) is 5.62. The van der Waals surface area contributed by atoms with E-state index in [0.29, 0.717) is 12.8 Å². The highest BCUT2D eigenvalue weighted by Crippen LogP contribution is 2.24. The molecule has 3 unspecified atom stereocenters. The van der Waals surface area contributed by atoms with Gasteiger partial charge in [-0.25, -0.2) is 0 Å². The summed E-state index contributed by atoms with van der Waals surface area (Å²) < 4.78 is 0. The highest BCUT2D eigenvalue weighted by atomic mass is 16.4. The van der Waals surface area contributed by atoms with E-state index in [9.17, 15) is 19.5 Å². The van der Waals surface area contributed by atoms with E-state index < -0.39 is 35.8 Å². The summed E-state index contributed by atoms with van der Waals surface area (Å²) in [6.07, 6.45) is 3.71. The summed E-state index contributed by atoms with van der Waals surface area (Å²) >= 11 is 0. The van der Waals surface area contributed by atoms with E-state index in [4.69, 9.17) is 10.8 Å². The first-order valence-electron chi connectivity index (χ1n) is 6.92. The minimum Gasteiger partial charge on any atom is -0.481 e. The number of carbonyl (C=O) groups is 3. The summed E-state index contributed by atoms with van der Waals surface area (Å²) in [5, 5.41) is 20.4. The van der Waals surface area contributed by atoms with Crippen molar-refractivity contribution in [2.24, 2.45) is 11.7 Å². The Morgan fingerprint density at radius 1 is 1.15 bits per heavy atom. The molecule has 1 amide bonds. The lowest BCUT2D eigenvalue weighted by Gasteiger charge is -2.24. The molecule has 1 fully saturated rings. The molecule has 5 N–H and O–H groups in total. The molecular formula is C13H22N2O5. The van der Waals surface area contributed by atoms with E-state index in [2.05, 4.69) is 5.32 Å². The number of carboxylic acid groups (broad SMARTS) is 2. The van der Waals surface area contributed by atoms with Crippen LogP contribution in [0.2, 0.25) is 0 Å². The van der Waals surface area contributed by atoms with Crippen LogP contribution in [0.4, 0.5) is 0 Å². The summed E-state index contributed by atoms with van der Waals surface area (Å²) in [7, 11) is 0. The van der Waals surface area contributed by atoms with Gasteiger partial charge in [-0.3, -0.25) is 14.4 Å². The first-order chi connectivity index (χ1) is 9.41. The summed E-state index contributed by atoms with van der Waals surface area (Å²) in [6.45, 7) is 0. The highest BCUT2D eigenvalue weighted by molar-refractivity contribution is 5.83. The number of carbonyl (C=O) groups excluding carboxylic acids is 1. The minimum atomic E-state index is -1.01. The van der Waals surface area contributed by atoms with Crippen molar-refractivity contribution in [3.63, 3.8) is 0 Å². The predicted octanol–water partition coefficient (Wildman–Crippen LogP) is 0.328. The number of nitrogens with one attached hydrogen (secondary N) is 1. The van der Waals surface area contributed by atoms with Crippen LogP contribution in [-0.4, -0.2) is 40.1 Å². The molecule has 1 aliphatic carbocycles. The fraction of sp³-hybridized carbons (Fsp3) is 0.769. The zero-order valence-corrected chi connectivity index (χ0v) is 11.4. The lowest BCUT2D eigenvalue weighted by Crippen LogP contribution is -2.49. The monoisotopic (exact) mass is 286 g/mol. The van der Waals surface area contributed by atoms with Crippen molar-refractivity contribution in [1.29, 1.82) is 0 Å². The van der Waals surface area contributed by atoms with Gasteiger partial charge >= 0.3 is 11.9 Å². The van der Waals surface area contributed by atoms with Crippen LogP contribution in [0, 0.1) is 5.92 Å². The third-order valence-electron chi connectivity index (χ3n) is 3.67. The zero-order chi connectivity index (χ0) is 15.1. The Balaban J connectivity index is 2.56. The van der Waals surface area contributed by atoms with Gasteiger partial charge in [-0.05, 0) is 19.3 Å². The normalized spacial score (nSPS) is 24.4. The number of carboxylic acids is 2. The van der Waals surface area contributed by atoms with E-state index in [-0.39, 0.29) is 12.8 Å². The van der Waals surface area contributed by atoms with E-state index in [1.807, 2.05) is 0 Å². The quantitative estimate of drug-likeness (QED) is 0.520. The van der Waals surface area contributed by atoms with Gasteiger partial charge in [0.15, 0.2) is 0 Å². The van der Waals surface area contributed by atoms with Crippen LogP contribution < -0.4 is 11.1 Å². The maximum atomic E-state index is 11.9. The standard InChI is InChI=1S/C13H22N2O5/c14-9(6-7-11(16)17)12(18)15-10-5-3-1-2-4-8(10)13(19)20/h8-10H,1-7,14H2,(H,15,18)(H,16,17)(H,19,20). The molecule has 0 aromatic carbocycles. The zero-order valence-electron chi connectivity index (χ0n) is 11.4. The molecule has 1 aliphatic rings. The van der Waals surface area contributed by atoms with Gasteiger partial charge in [0.25, 0.3) is 0 Å². The van der Waals surface area contributed by atoms with Crippen molar-refractivity contribution in [3.8, 4) is 0 Å². The fourth-order valence-electron chi connectivity index (χ4n) is 2.48. The van der Waals surface area contributed by atoms with Crippen LogP contribution in [0.5, 0.6) is 0 Å². The Hall–Kier alpha value is -1.63. The molecule has 1 rings (SSSR count). The van der Waals surface area contributed by atoms with Gasteiger partial charge in [0.2, 0.25) is 5.91 Å². The van der Waals surface area contributed by atoms with Gasteiger partial charge in [-0.15, -0.1) is 0 Å². The molecule has 0 aromatic heterocycles. The first-order valence-corrected chi connectivity index (χ1v) is 6.92. The van der Waals surface area contributed by atoms with E-state index in [0.717, 1.165) is 19.3 Å². The second kappa shape index (κ2) is 7.84. The van der Waals surface area contributed by atoms with Crippen molar-refractivity contribution in [2.75, 3.05) is 0 Å². The summed E-state index contributed by atoms with van der Waals surface area (Å²) in [5.74, 6) is -2.97. The summed E-state index contributed by atoms with van der Waals surface area (Å²) in [6, 6.07) is -1.33. The minimum absolute atomic E-state index is 0.0472. The van der Waals surface area contributed by atoms with Crippen LogP contribution in [0.1, 0.15) is 44.9 Å². The Morgan fingerprint density at radius 3 is 2.40 bits per heavy atom. The molecule has 0 bridgehead atoms. The summed E-state index contributed by atoms with van der Waals surface area (Å²) in [4.78, 5) is 33.5. The second-order valence-corrected chi connectivity index (χ2v) is 5.24. The fourth-order valence-corrected chi connectivity index (χ4v) is 2.48. The van der Waals surface area contributed by atoms with Gasteiger partial charge in [-0.2, -0.15) is 0 Å². The molecule has 0 aromatic rings. The topological polar surface area (TPSA) is 130 Å². The molecule has 0 radical (unpaired) electrons. The molecule has 3 atom stereocenters. The van der Waals surface area contributed by atoms with Gasteiger partial charge in [0.05, 0.1) is 12.0 Å². The van der Waals surface area contributed by atoms with E-state index in [1.165, 1.54) is 0 Å². The first kappa shape index (κ1) is 16.4. The van der Waals surface area contributed by atoms with Gasteiger partial charge < -0.3 is 21.3 Å². The number of amides is 1. The smallest absolute Gasteiger partial charge is 0.308 e. The Labute approximate surface area is 117 Å². The third-order valence-corrected chi connectivity index (χ3v) is 3.67. The van der Waals surface area contributed by atoms with Crippen LogP contribution >= 0.6 is 0 Å². The molecule has 0 aliphatic heterocycles. The van der Waals surface area contributed by atoms with Gasteiger partial charge in [-0.1, -0.05) is 19.3 Å². The molecule has 114 valence electrons. The van der Waals surface area contributed by atoms with E-state index >= 15 is 0 Å². The average Bonchev–Trinajstić information content (AvgIpc) is 2.61. The van der Waals surface area contributed by atoms with Crippen molar-refractivity contribution >= 4 is 17.8 Å². The van der Waals surface area contributed by atoms with E-state index in [1.54, 1.807) is 0 Å². The molecule has 0 heterocycles. The largest absolute Gasteiger partial charge is 0.481 e. The molecule has 7 nitrogen and oxygen atoms in total. The maximum absolute atomic E-state index is 11.9. The third kappa shape index (κ3) is 5.16. The molecule has 20 heavy (non-hydrogen) atoms. The number of rotatable bonds is 6. The highest BCUT2D eigenvalue weighted by Gasteiger charge is 2.31. The van der Waals surface area contributed by atoms with Crippen molar-refractivity contribution in [3.05, 3.63) is 0 Å². The van der Waals surface area contributed by atoms with Gasteiger partial charge in [0.1, 0.15) is 0 Å². The van der Waals surface area contributed by atoms with Crippen LogP contribution in [0.3, 0.4) is 0 Å². The number of nitrogens with two attached hydrogens (primary N) is 1. The van der Waals surface area contributed by atoms with Crippen molar-refractivity contribution in [2.45, 2.75) is 57.0 Å². The lowest BCUT2D eigenvalue weighted by atomic mass is 9.94. The Bertz CT molecular complexity index is 372. The Kier molecular flexibility index (Phi) is 6.44. The average molecular weight is 286 g/mol. The number of aliphatic carboxylic acids is 2. The number of hydrogen-bond donors (Lipinski definition) is 4. The van der Waals surface area contributed by atoms with Crippen LogP contribution in [0.15, 0.2) is 0 Å². The molecule has 0 spiro atoms. The predicted molar refractivity (Wildman–Crippen MR) is 71.0 cm³/mol. The lowest BCUT2D eigenvalue weighted by molar-refractivity contribution is -0.143. The molecular weight excluding hydrogens is 264 g/mol. The Morgan fingerprint density at radius 2 is 1.80 bits per heavy atom. The van der Waals surface area contributed by atoms with Crippen molar-refractivity contribution < 1.29 is 24.6 Å². The second-order valence-electron chi connectivity index (χ2n) is 5.24. The number of hydrogen-bond acceptors (Lipinski definition) is 4. The van der Waals surface area contributed by atoms with Crippen LogP contribution in [-0.2, 0) is 14.4 Å². The van der Waals surface area contributed by atoms with Crippen LogP contribution in [0.25, 0.3) is 0 Å². The maximum Gasteiger partial charge on any atom is 0.308 e. The van der Waals surface area contributed by atoms with Crippen molar-refractivity contribution in [1.82, 2.24) is 5.32 Å². The van der Waals surface area contributed by atoms with Gasteiger partial charge in [0, 0.05) is 12.5 Å².